The van der Waals surface area contributed by atoms with E-state index >= 15 is 0 Å². The Morgan fingerprint density at radius 2 is 1.76 bits per heavy atom. The quantitative estimate of drug-likeness (QED) is 0.629. The van der Waals surface area contributed by atoms with Gasteiger partial charge in [-0.15, -0.1) is 0 Å². The summed E-state index contributed by atoms with van der Waals surface area (Å²) in [7, 11) is 1.46. The van der Waals surface area contributed by atoms with E-state index in [0.717, 1.165) is 11.1 Å². The summed E-state index contributed by atoms with van der Waals surface area (Å²) < 4.78 is 0. The average molecular weight is 233 g/mol. The molecule has 0 aromatic heterocycles. The van der Waals surface area contributed by atoms with Crippen molar-refractivity contribution in [2.45, 2.75) is 33.1 Å². The molecule has 0 aliphatic carbocycles. The van der Waals surface area contributed by atoms with Crippen molar-refractivity contribution >= 4 is 11.7 Å². The summed E-state index contributed by atoms with van der Waals surface area (Å²) in [6.07, 6.45) is 0. The summed E-state index contributed by atoms with van der Waals surface area (Å²) >= 11 is 0. The first-order chi connectivity index (χ1) is 7.77. The number of amides is 1. The van der Waals surface area contributed by atoms with Gasteiger partial charge in [-0.05, 0) is 29.5 Å². The van der Waals surface area contributed by atoms with Gasteiger partial charge in [0.05, 0.1) is 0 Å². The van der Waals surface area contributed by atoms with Crippen LogP contribution in [0.1, 0.15) is 42.3 Å². The first kappa shape index (κ1) is 13.4. The summed E-state index contributed by atoms with van der Waals surface area (Å²) in [6, 6.07) is 5.69. The molecule has 1 rings (SSSR count). The van der Waals surface area contributed by atoms with Crippen molar-refractivity contribution in [3.63, 3.8) is 0 Å². The SMILES string of the molecule is CNC(=O)C(=O)c1cc(C(C)(C)C)ccc1C. The largest absolute Gasteiger partial charge is 0.352 e. The van der Waals surface area contributed by atoms with Gasteiger partial charge in [0.25, 0.3) is 5.91 Å². The van der Waals surface area contributed by atoms with Crippen LogP contribution >= 0.6 is 0 Å². The molecule has 3 nitrogen and oxygen atoms in total. The lowest BCUT2D eigenvalue weighted by Crippen LogP contribution is -2.28. The van der Waals surface area contributed by atoms with Crippen LogP contribution in [0.4, 0.5) is 0 Å². The number of Topliss-reactive ketones (excluding diaryl/α,β-unsaturated/α-hetero) is 1. The third-order valence-electron chi connectivity index (χ3n) is 2.78. The molecule has 0 spiro atoms. The molecule has 0 unspecified atom stereocenters. The van der Waals surface area contributed by atoms with E-state index < -0.39 is 11.7 Å². The van der Waals surface area contributed by atoms with Crippen molar-refractivity contribution in [1.29, 1.82) is 0 Å². The topological polar surface area (TPSA) is 46.2 Å². The van der Waals surface area contributed by atoms with Crippen LogP contribution in [0.2, 0.25) is 0 Å². The molecule has 0 heterocycles. The second-order valence-electron chi connectivity index (χ2n) is 5.19. The van der Waals surface area contributed by atoms with Gasteiger partial charge in [-0.25, -0.2) is 0 Å². The van der Waals surface area contributed by atoms with Crippen LogP contribution in [0, 0.1) is 6.92 Å². The summed E-state index contributed by atoms with van der Waals surface area (Å²) in [5.74, 6) is -1.05. The molecule has 0 saturated carbocycles. The minimum atomic E-state index is -0.570. The monoisotopic (exact) mass is 233 g/mol. The van der Waals surface area contributed by atoms with Crippen LogP contribution in [0.5, 0.6) is 0 Å². The molecule has 17 heavy (non-hydrogen) atoms. The number of hydrogen-bond acceptors (Lipinski definition) is 2. The summed E-state index contributed by atoms with van der Waals surface area (Å²) in [5, 5.41) is 2.36. The smallest absolute Gasteiger partial charge is 0.292 e. The number of benzene rings is 1. The Bertz CT molecular complexity index is 456. The summed E-state index contributed by atoms with van der Waals surface area (Å²) in [5.41, 5.74) is 2.32. The van der Waals surface area contributed by atoms with Gasteiger partial charge in [0.15, 0.2) is 0 Å². The number of ketones is 1. The van der Waals surface area contributed by atoms with Crippen molar-refractivity contribution in [1.82, 2.24) is 5.32 Å². The number of carbonyl (C=O) groups is 2. The minimum absolute atomic E-state index is 0.0363. The third kappa shape index (κ3) is 2.93. The second kappa shape index (κ2) is 4.70. The maximum Gasteiger partial charge on any atom is 0.292 e. The number of likely N-dealkylation sites (N-methyl/N-ethyl adjacent to an activating group) is 1. The maximum atomic E-state index is 11.9. The van der Waals surface area contributed by atoms with Crippen molar-refractivity contribution in [3.8, 4) is 0 Å². The zero-order valence-electron chi connectivity index (χ0n) is 11.0. The zero-order valence-corrected chi connectivity index (χ0v) is 11.0. The van der Waals surface area contributed by atoms with Gasteiger partial charge >= 0.3 is 0 Å². The van der Waals surface area contributed by atoms with Gasteiger partial charge < -0.3 is 5.32 Å². The molecule has 0 fully saturated rings. The number of rotatable bonds is 2. The Balaban J connectivity index is 3.25. The lowest BCUT2D eigenvalue weighted by atomic mass is 9.84. The lowest BCUT2D eigenvalue weighted by Gasteiger charge is -2.20. The van der Waals surface area contributed by atoms with Gasteiger partial charge in [-0.1, -0.05) is 32.9 Å². The second-order valence-corrected chi connectivity index (χ2v) is 5.19. The minimum Gasteiger partial charge on any atom is -0.352 e. The van der Waals surface area contributed by atoms with Crippen molar-refractivity contribution < 1.29 is 9.59 Å². The van der Waals surface area contributed by atoms with E-state index in [1.165, 1.54) is 7.05 Å². The number of hydrogen-bond donors (Lipinski definition) is 1. The highest BCUT2D eigenvalue weighted by Gasteiger charge is 2.20. The highest BCUT2D eigenvalue weighted by molar-refractivity contribution is 6.43. The fraction of sp³-hybridized carbons (Fsp3) is 0.429. The Kier molecular flexibility index (Phi) is 3.71. The molecule has 0 aliphatic rings. The molecule has 1 aromatic carbocycles. The van der Waals surface area contributed by atoms with Crippen molar-refractivity contribution in [2.24, 2.45) is 0 Å². The van der Waals surface area contributed by atoms with E-state index in [1.807, 2.05) is 25.1 Å². The van der Waals surface area contributed by atoms with Crippen LogP contribution in [-0.2, 0) is 10.2 Å². The molecule has 1 amide bonds. The molecule has 1 N–H and O–H groups in total. The van der Waals surface area contributed by atoms with Gasteiger partial charge in [0, 0.05) is 12.6 Å². The standard InChI is InChI=1S/C14H19NO2/c1-9-6-7-10(14(2,3)4)8-11(9)12(16)13(17)15-5/h6-8H,1-5H3,(H,15,17). The number of carbonyl (C=O) groups excluding carboxylic acids is 2. The molecule has 92 valence electrons. The Morgan fingerprint density at radius 3 is 2.24 bits per heavy atom. The van der Waals surface area contributed by atoms with Gasteiger partial charge in [-0.3, -0.25) is 9.59 Å². The Hall–Kier alpha value is -1.64. The lowest BCUT2D eigenvalue weighted by molar-refractivity contribution is -0.116. The molecule has 0 atom stereocenters. The van der Waals surface area contributed by atoms with Crippen LogP contribution in [0.25, 0.3) is 0 Å². The van der Waals surface area contributed by atoms with Crippen LogP contribution in [0.15, 0.2) is 18.2 Å². The van der Waals surface area contributed by atoms with Gasteiger partial charge in [0.1, 0.15) is 0 Å². The van der Waals surface area contributed by atoms with Crippen LogP contribution in [0.3, 0.4) is 0 Å². The number of nitrogens with one attached hydrogen (secondary N) is 1. The van der Waals surface area contributed by atoms with Crippen LogP contribution < -0.4 is 5.32 Å². The normalized spacial score (nSPS) is 11.1. The van der Waals surface area contributed by atoms with Gasteiger partial charge in [-0.2, -0.15) is 0 Å². The molecular weight excluding hydrogens is 214 g/mol. The number of aryl methyl sites for hydroxylation is 1. The predicted octanol–water partition coefficient (Wildman–Crippen LogP) is 2.22. The highest BCUT2D eigenvalue weighted by atomic mass is 16.2. The summed E-state index contributed by atoms with van der Waals surface area (Å²) in [4.78, 5) is 23.2. The third-order valence-corrected chi connectivity index (χ3v) is 2.78. The van der Waals surface area contributed by atoms with E-state index in [1.54, 1.807) is 0 Å². The first-order valence-electron chi connectivity index (χ1n) is 5.65. The van der Waals surface area contributed by atoms with E-state index in [9.17, 15) is 9.59 Å². The molecule has 0 aliphatic heterocycles. The average Bonchev–Trinajstić information content (AvgIpc) is 2.26. The Labute approximate surface area is 102 Å². The molecule has 0 bridgehead atoms. The maximum absolute atomic E-state index is 11.9. The van der Waals surface area contributed by atoms with E-state index in [4.69, 9.17) is 0 Å². The fourth-order valence-corrected chi connectivity index (χ4v) is 1.57. The molecule has 3 heteroatoms. The zero-order chi connectivity index (χ0) is 13.2. The predicted molar refractivity (Wildman–Crippen MR) is 68.3 cm³/mol. The van der Waals surface area contributed by atoms with E-state index in [-0.39, 0.29) is 5.41 Å². The van der Waals surface area contributed by atoms with Crippen molar-refractivity contribution in [3.05, 3.63) is 34.9 Å². The first-order valence-corrected chi connectivity index (χ1v) is 5.65. The van der Waals surface area contributed by atoms with E-state index in [2.05, 4.69) is 26.1 Å². The molecule has 1 aromatic rings. The van der Waals surface area contributed by atoms with Gasteiger partial charge in [0.2, 0.25) is 5.78 Å². The molecule has 0 saturated heterocycles. The highest BCUT2D eigenvalue weighted by Crippen LogP contribution is 2.24. The Morgan fingerprint density at radius 1 is 1.18 bits per heavy atom. The fourth-order valence-electron chi connectivity index (χ4n) is 1.57. The van der Waals surface area contributed by atoms with E-state index in [0.29, 0.717) is 5.56 Å². The van der Waals surface area contributed by atoms with Crippen molar-refractivity contribution in [2.75, 3.05) is 7.05 Å². The van der Waals surface area contributed by atoms with Crippen LogP contribution in [-0.4, -0.2) is 18.7 Å². The molecular formula is C14H19NO2. The molecule has 0 radical (unpaired) electrons. The summed E-state index contributed by atoms with van der Waals surface area (Å²) in [6.45, 7) is 8.06.